The summed E-state index contributed by atoms with van der Waals surface area (Å²) < 4.78 is 1.82. The maximum absolute atomic E-state index is 13.0. The minimum absolute atomic E-state index is 0.0318. The smallest absolute Gasteiger partial charge is 0.318 e. The number of benzene rings is 1. The number of nitrogens with zero attached hydrogens (tertiary/aromatic N) is 3. The molecule has 1 atom stereocenters. The zero-order valence-electron chi connectivity index (χ0n) is 14.5. The predicted octanol–water partition coefficient (Wildman–Crippen LogP) is 1.83. The van der Waals surface area contributed by atoms with Gasteiger partial charge < -0.3 is 5.32 Å². The first-order chi connectivity index (χ1) is 13.0. The number of imidazole rings is 1. The molecule has 3 aromatic rings. The Hall–Kier alpha value is -3.20. The van der Waals surface area contributed by atoms with Gasteiger partial charge in [0.25, 0.3) is 5.91 Å². The van der Waals surface area contributed by atoms with Crippen LogP contribution in [0.2, 0.25) is 0 Å². The number of hydrogen-bond donors (Lipinski definition) is 2. The molecule has 0 radical (unpaired) electrons. The summed E-state index contributed by atoms with van der Waals surface area (Å²) in [4.78, 5) is 42.8. The molecule has 27 heavy (non-hydrogen) atoms. The number of imide groups is 1. The summed E-state index contributed by atoms with van der Waals surface area (Å²) in [6.07, 6.45) is 3.93. The van der Waals surface area contributed by atoms with Crippen LogP contribution in [0.1, 0.15) is 24.6 Å². The fourth-order valence-corrected chi connectivity index (χ4v) is 3.95. The topological polar surface area (TPSA) is 95.8 Å². The number of carbonyl (C=O) groups excluding carboxylic acids is 3. The van der Waals surface area contributed by atoms with Crippen molar-refractivity contribution in [3.63, 3.8) is 0 Å². The van der Waals surface area contributed by atoms with Crippen LogP contribution < -0.4 is 10.7 Å². The maximum Gasteiger partial charge on any atom is 0.344 e. The van der Waals surface area contributed by atoms with Gasteiger partial charge in [0.05, 0.1) is 12.1 Å². The lowest BCUT2D eigenvalue weighted by atomic mass is 9.87. The third-order valence-electron chi connectivity index (χ3n) is 4.61. The average molecular weight is 383 g/mol. The van der Waals surface area contributed by atoms with E-state index in [1.165, 1.54) is 11.3 Å². The molecule has 1 aliphatic heterocycles. The Balaban J connectivity index is 1.51. The van der Waals surface area contributed by atoms with Gasteiger partial charge in [-0.05, 0) is 12.0 Å². The summed E-state index contributed by atoms with van der Waals surface area (Å²) in [6.45, 7) is 1.81. The van der Waals surface area contributed by atoms with Crippen molar-refractivity contribution in [2.24, 2.45) is 0 Å². The lowest BCUT2D eigenvalue weighted by Gasteiger charge is -2.25. The van der Waals surface area contributed by atoms with Crippen LogP contribution >= 0.6 is 11.3 Å². The molecule has 0 aliphatic carbocycles. The van der Waals surface area contributed by atoms with Crippen molar-refractivity contribution >= 4 is 34.1 Å². The molecule has 0 spiro atoms. The number of urea groups is 1. The second-order valence-electron chi connectivity index (χ2n) is 6.23. The molecule has 1 aliphatic rings. The van der Waals surface area contributed by atoms with Gasteiger partial charge in [-0.3, -0.25) is 19.4 Å². The van der Waals surface area contributed by atoms with Gasteiger partial charge in [-0.25, -0.2) is 9.78 Å². The van der Waals surface area contributed by atoms with Gasteiger partial charge >= 0.3 is 6.03 Å². The molecule has 4 amide bonds. The Bertz CT molecular complexity index is 999. The number of fused-ring (bicyclic) bond motifs is 1. The molecule has 1 saturated heterocycles. The van der Waals surface area contributed by atoms with Crippen LogP contribution in [0.4, 0.5) is 4.79 Å². The van der Waals surface area contributed by atoms with E-state index in [4.69, 9.17) is 0 Å². The summed E-state index contributed by atoms with van der Waals surface area (Å²) in [6, 6.07) is 8.36. The first kappa shape index (κ1) is 17.2. The molecule has 138 valence electrons. The normalized spacial score (nSPS) is 19.5. The molecule has 4 rings (SSSR count). The monoisotopic (exact) mass is 383 g/mol. The van der Waals surface area contributed by atoms with Crippen LogP contribution in [0.15, 0.2) is 48.1 Å². The summed E-state index contributed by atoms with van der Waals surface area (Å²) in [5.74, 6) is -0.982. The highest BCUT2D eigenvalue weighted by molar-refractivity contribution is 7.15. The van der Waals surface area contributed by atoms with Gasteiger partial charge in [0.2, 0.25) is 5.91 Å². The number of aromatic nitrogens is 2. The minimum Gasteiger partial charge on any atom is -0.318 e. The molecule has 1 aromatic carbocycles. The summed E-state index contributed by atoms with van der Waals surface area (Å²) in [7, 11) is 0. The molecule has 9 heteroatoms. The SMILES string of the molecule is CC[C@@]1(c2ccccc2)NC(=O)N(NC(=O)Cc2cn3ccsc3n2)C1=O. The van der Waals surface area contributed by atoms with E-state index >= 15 is 0 Å². The number of thiazole rings is 1. The number of nitrogens with one attached hydrogen (secondary N) is 2. The zero-order valence-corrected chi connectivity index (χ0v) is 15.3. The molecule has 0 bridgehead atoms. The minimum atomic E-state index is -1.18. The van der Waals surface area contributed by atoms with Gasteiger partial charge in [0.1, 0.15) is 5.54 Å². The quantitative estimate of drug-likeness (QED) is 0.657. The Morgan fingerprint density at radius 1 is 1.30 bits per heavy atom. The van der Waals surface area contributed by atoms with Crippen molar-refractivity contribution in [1.29, 1.82) is 0 Å². The first-order valence-electron chi connectivity index (χ1n) is 8.46. The Morgan fingerprint density at radius 2 is 2.07 bits per heavy atom. The van der Waals surface area contributed by atoms with E-state index in [1.54, 1.807) is 30.5 Å². The molecule has 2 N–H and O–H groups in total. The fourth-order valence-electron chi connectivity index (χ4n) is 3.23. The van der Waals surface area contributed by atoms with Crippen LogP contribution in [0.5, 0.6) is 0 Å². The van der Waals surface area contributed by atoms with Crippen molar-refractivity contribution in [2.75, 3.05) is 0 Å². The van der Waals surface area contributed by atoms with Crippen molar-refractivity contribution < 1.29 is 14.4 Å². The number of hydrogen-bond acceptors (Lipinski definition) is 5. The number of amides is 4. The molecule has 0 unspecified atom stereocenters. The van der Waals surface area contributed by atoms with E-state index in [1.807, 2.05) is 29.0 Å². The van der Waals surface area contributed by atoms with E-state index in [9.17, 15) is 14.4 Å². The lowest BCUT2D eigenvalue weighted by Crippen LogP contribution is -2.49. The summed E-state index contributed by atoms with van der Waals surface area (Å²) in [5, 5.41) is 5.38. The molecule has 3 heterocycles. The standard InChI is InChI=1S/C18H17N5O3S/c1-2-18(12-6-4-3-5-7-12)15(25)23(16(26)20-18)21-14(24)10-13-11-22-8-9-27-17(22)19-13/h3-9,11H,2,10H2,1H3,(H,20,26)(H,21,24)/t18-/m0/s1. The highest BCUT2D eigenvalue weighted by Gasteiger charge is 2.52. The van der Waals surface area contributed by atoms with Crippen molar-refractivity contribution in [3.05, 3.63) is 59.4 Å². The number of hydrazine groups is 1. The second kappa shape index (κ2) is 6.51. The average Bonchev–Trinajstić information content (AvgIpc) is 3.31. The van der Waals surface area contributed by atoms with Crippen LogP contribution in [0.25, 0.3) is 4.96 Å². The Labute approximate surface area is 158 Å². The molecular weight excluding hydrogens is 366 g/mol. The van der Waals surface area contributed by atoms with Gasteiger partial charge in [-0.1, -0.05) is 37.3 Å². The number of rotatable bonds is 5. The predicted molar refractivity (Wildman–Crippen MR) is 98.7 cm³/mol. The van der Waals surface area contributed by atoms with Gasteiger partial charge in [-0.2, -0.15) is 5.01 Å². The van der Waals surface area contributed by atoms with Crippen LogP contribution in [0, 0.1) is 0 Å². The van der Waals surface area contributed by atoms with Crippen molar-refractivity contribution in [1.82, 2.24) is 25.1 Å². The van der Waals surface area contributed by atoms with Crippen LogP contribution in [-0.2, 0) is 21.5 Å². The van der Waals surface area contributed by atoms with E-state index < -0.39 is 23.4 Å². The maximum atomic E-state index is 13.0. The fraction of sp³-hybridized carbons (Fsp3) is 0.222. The molecular formula is C18H17N5O3S. The summed E-state index contributed by atoms with van der Waals surface area (Å²) in [5.41, 5.74) is 2.47. The van der Waals surface area contributed by atoms with E-state index in [-0.39, 0.29) is 6.42 Å². The number of carbonyl (C=O) groups is 3. The Morgan fingerprint density at radius 3 is 2.78 bits per heavy atom. The third-order valence-corrected chi connectivity index (χ3v) is 5.38. The van der Waals surface area contributed by atoms with Crippen molar-refractivity contribution in [2.45, 2.75) is 25.3 Å². The van der Waals surface area contributed by atoms with Gasteiger partial charge in [0.15, 0.2) is 4.96 Å². The first-order valence-corrected chi connectivity index (χ1v) is 9.34. The molecule has 0 saturated carbocycles. The van der Waals surface area contributed by atoms with Crippen LogP contribution in [-0.4, -0.2) is 32.2 Å². The zero-order chi connectivity index (χ0) is 19.0. The van der Waals surface area contributed by atoms with E-state index in [0.717, 1.165) is 9.97 Å². The highest BCUT2D eigenvalue weighted by Crippen LogP contribution is 2.31. The van der Waals surface area contributed by atoms with Crippen molar-refractivity contribution in [3.8, 4) is 0 Å². The molecule has 2 aromatic heterocycles. The Kier molecular flexibility index (Phi) is 4.15. The third kappa shape index (κ3) is 2.85. The second-order valence-corrected chi connectivity index (χ2v) is 7.11. The van der Waals surface area contributed by atoms with Gasteiger partial charge in [0, 0.05) is 17.8 Å². The molecule has 1 fully saturated rings. The van der Waals surface area contributed by atoms with Crippen LogP contribution in [0.3, 0.4) is 0 Å². The lowest BCUT2D eigenvalue weighted by molar-refractivity contribution is -0.139. The van der Waals surface area contributed by atoms with E-state index in [2.05, 4.69) is 15.7 Å². The largest absolute Gasteiger partial charge is 0.344 e. The van der Waals surface area contributed by atoms with Gasteiger partial charge in [-0.15, -0.1) is 11.3 Å². The van der Waals surface area contributed by atoms with E-state index in [0.29, 0.717) is 17.7 Å². The highest BCUT2D eigenvalue weighted by atomic mass is 32.1. The molecule has 8 nitrogen and oxygen atoms in total. The summed E-state index contributed by atoms with van der Waals surface area (Å²) >= 11 is 1.46.